The van der Waals surface area contributed by atoms with Crippen LogP contribution >= 0.6 is 0 Å². The molecule has 0 radical (unpaired) electrons. The maximum atomic E-state index is 15.2. The molecule has 1 unspecified atom stereocenters. The number of fused-ring (bicyclic) bond motifs is 1. The molecule has 1 amide bonds. The Morgan fingerprint density at radius 3 is 2.67 bits per heavy atom. The SMILES string of the molecule is O=C(Nc1ccc(Cc2ccnc3[nH]nc(NC4CCNC4)c23)c(F)c1)c1ccnn(-c2ccc(F)cc2)c1=O. The van der Waals surface area contributed by atoms with Crippen LogP contribution in [0.1, 0.15) is 27.9 Å². The van der Waals surface area contributed by atoms with Gasteiger partial charge in [-0.1, -0.05) is 6.07 Å². The van der Waals surface area contributed by atoms with E-state index in [1.165, 1.54) is 42.6 Å². The Labute approximate surface area is 226 Å². The van der Waals surface area contributed by atoms with Crippen LogP contribution in [-0.2, 0) is 6.42 Å². The third kappa shape index (κ3) is 5.04. The third-order valence-electron chi connectivity index (χ3n) is 6.80. The first kappa shape index (κ1) is 25.3. The number of benzene rings is 2. The predicted molar refractivity (Wildman–Crippen MR) is 146 cm³/mol. The second kappa shape index (κ2) is 10.7. The fourth-order valence-electron chi connectivity index (χ4n) is 4.76. The molecule has 0 bridgehead atoms. The molecular weight excluding hydrogens is 518 g/mol. The van der Waals surface area contributed by atoms with Crippen molar-refractivity contribution in [3.63, 3.8) is 0 Å². The van der Waals surface area contributed by atoms with Crippen molar-refractivity contribution in [2.45, 2.75) is 18.9 Å². The lowest BCUT2D eigenvalue weighted by Crippen LogP contribution is -2.29. The van der Waals surface area contributed by atoms with Crippen molar-refractivity contribution in [1.29, 1.82) is 0 Å². The summed E-state index contributed by atoms with van der Waals surface area (Å²) in [5, 5.41) is 21.4. The molecule has 2 aromatic carbocycles. The third-order valence-corrected chi connectivity index (χ3v) is 6.80. The van der Waals surface area contributed by atoms with Crippen LogP contribution in [0.2, 0.25) is 0 Å². The summed E-state index contributed by atoms with van der Waals surface area (Å²) in [6.07, 6.45) is 4.20. The molecule has 202 valence electrons. The molecular formula is C28H24F2N8O2. The van der Waals surface area contributed by atoms with Gasteiger partial charge in [-0.3, -0.25) is 14.7 Å². The number of aromatic amines is 1. The molecule has 0 spiro atoms. The van der Waals surface area contributed by atoms with Crippen LogP contribution < -0.4 is 21.5 Å². The lowest BCUT2D eigenvalue weighted by Gasteiger charge is -2.12. The Kier molecular flexibility index (Phi) is 6.74. The summed E-state index contributed by atoms with van der Waals surface area (Å²) in [6.45, 7) is 1.77. The highest BCUT2D eigenvalue weighted by Gasteiger charge is 2.20. The number of nitrogens with one attached hydrogen (secondary N) is 4. The van der Waals surface area contributed by atoms with Gasteiger partial charge in [0.05, 0.1) is 11.1 Å². The second-order valence-corrected chi connectivity index (χ2v) is 9.48. The van der Waals surface area contributed by atoms with Gasteiger partial charge in [-0.25, -0.2) is 13.8 Å². The highest BCUT2D eigenvalue weighted by atomic mass is 19.1. The zero-order chi connectivity index (χ0) is 27.6. The van der Waals surface area contributed by atoms with Crippen molar-refractivity contribution in [3.05, 3.63) is 106 Å². The number of nitrogens with zero attached hydrogens (tertiary/aromatic N) is 4. The fourth-order valence-corrected chi connectivity index (χ4v) is 4.76. The van der Waals surface area contributed by atoms with Crippen molar-refractivity contribution < 1.29 is 13.6 Å². The monoisotopic (exact) mass is 542 g/mol. The number of anilines is 2. The molecule has 3 aromatic heterocycles. The number of rotatable bonds is 7. The number of H-pyrrole nitrogens is 1. The maximum absolute atomic E-state index is 15.2. The average Bonchev–Trinajstić information content (AvgIpc) is 3.62. The number of aromatic nitrogens is 5. The van der Waals surface area contributed by atoms with Gasteiger partial charge < -0.3 is 16.0 Å². The highest BCUT2D eigenvalue weighted by Crippen LogP contribution is 2.27. The molecule has 0 saturated carbocycles. The summed E-state index contributed by atoms with van der Waals surface area (Å²) in [4.78, 5) is 30.1. The first-order valence-corrected chi connectivity index (χ1v) is 12.7. The van der Waals surface area contributed by atoms with Gasteiger partial charge in [0.25, 0.3) is 11.5 Å². The van der Waals surface area contributed by atoms with E-state index in [2.05, 4.69) is 36.2 Å². The molecule has 0 aliphatic carbocycles. The molecule has 6 rings (SSSR count). The quantitative estimate of drug-likeness (QED) is 0.248. The van der Waals surface area contributed by atoms with E-state index in [0.29, 0.717) is 22.7 Å². The number of hydrogen-bond donors (Lipinski definition) is 4. The number of carbonyl (C=O) groups excluding carboxylic acids is 1. The second-order valence-electron chi connectivity index (χ2n) is 9.48. The molecule has 10 nitrogen and oxygen atoms in total. The maximum Gasteiger partial charge on any atom is 0.284 e. The van der Waals surface area contributed by atoms with E-state index < -0.39 is 23.1 Å². The van der Waals surface area contributed by atoms with Crippen molar-refractivity contribution in [1.82, 2.24) is 30.3 Å². The van der Waals surface area contributed by atoms with Crippen LogP contribution in [0.3, 0.4) is 0 Å². The minimum atomic E-state index is -0.721. The number of carbonyl (C=O) groups is 1. The minimum Gasteiger partial charge on any atom is -0.364 e. The molecule has 4 heterocycles. The summed E-state index contributed by atoms with van der Waals surface area (Å²) in [5.74, 6) is -1.02. The number of halogens is 2. The van der Waals surface area contributed by atoms with Gasteiger partial charge in [-0.2, -0.15) is 14.9 Å². The molecule has 40 heavy (non-hydrogen) atoms. The van der Waals surface area contributed by atoms with Gasteiger partial charge in [-0.15, -0.1) is 0 Å². The summed E-state index contributed by atoms with van der Waals surface area (Å²) in [5.41, 5.74) is 1.49. The highest BCUT2D eigenvalue weighted by molar-refractivity contribution is 6.04. The minimum absolute atomic E-state index is 0.190. The zero-order valence-electron chi connectivity index (χ0n) is 21.1. The van der Waals surface area contributed by atoms with Gasteiger partial charge in [0, 0.05) is 37.1 Å². The van der Waals surface area contributed by atoms with Gasteiger partial charge in [0.2, 0.25) is 0 Å². The van der Waals surface area contributed by atoms with Crippen LogP contribution in [0.4, 0.5) is 20.3 Å². The van der Waals surface area contributed by atoms with E-state index >= 15 is 4.39 Å². The van der Waals surface area contributed by atoms with Crippen LogP contribution in [0.5, 0.6) is 0 Å². The fraction of sp³-hybridized carbons (Fsp3) is 0.179. The van der Waals surface area contributed by atoms with E-state index in [0.717, 1.165) is 35.1 Å². The molecule has 1 saturated heterocycles. The van der Waals surface area contributed by atoms with Crippen LogP contribution in [0.15, 0.2) is 71.8 Å². The largest absolute Gasteiger partial charge is 0.364 e. The molecule has 1 aliphatic rings. The Hall–Kier alpha value is -4.97. The average molecular weight is 543 g/mol. The molecule has 4 N–H and O–H groups in total. The summed E-state index contributed by atoms with van der Waals surface area (Å²) in [7, 11) is 0. The van der Waals surface area contributed by atoms with E-state index in [1.807, 2.05) is 6.07 Å². The van der Waals surface area contributed by atoms with Crippen molar-refractivity contribution in [3.8, 4) is 5.69 Å². The first-order chi connectivity index (χ1) is 19.5. The normalized spacial score (nSPS) is 14.9. The van der Waals surface area contributed by atoms with Gasteiger partial charge >= 0.3 is 0 Å². The van der Waals surface area contributed by atoms with Crippen molar-refractivity contribution in [2.75, 3.05) is 23.7 Å². The topological polar surface area (TPSA) is 130 Å². The smallest absolute Gasteiger partial charge is 0.284 e. The Balaban J connectivity index is 1.21. The Morgan fingerprint density at radius 2 is 1.90 bits per heavy atom. The standard InChI is InChI=1S/C28H24F2N8O2/c29-18-2-5-21(6-3-18)38-28(40)22(9-12-33-38)27(39)35-19-4-1-16(23(30)14-19)13-17-7-11-32-25-24(17)26(37-36-25)34-20-8-10-31-15-20/h1-7,9,11-12,14,20,31H,8,10,13,15H2,(H,35,39)(H2,32,34,36,37). The first-order valence-electron chi connectivity index (χ1n) is 12.7. The lowest BCUT2D eigenvalue weighted by atomic mass is 10.0. The van der Waals surface area contributed by atoms with Crippen LogP contribution in [-0.4, -0.2) is 50.0 Å². The molecule has 5 aromatic rings. The molecule has 12 heteroatoms. The van der Waals surface area contributed by atoms with E-state index in [4.69, 9.17) is 0 Å². The summed E-state index contributed by atoms with van der Waals surface area (Å²) >= 11 is 0. The Bertz CT molecular complexity index is 1760. The Morgan fingerprint density at radius 1 is 1.05 bits per heavy atom. The van der Waals surface area contributed by atoms with E-state index in [-0.39, 0.29) is 23.7 Å². The van der Waals surface area contributed by atoms with E-state index in [9.17, 15) is 14.0 Å². The van der Waals surface area contributed by atoms with Crippen LogP contribution in [0.25, 0.3) is 16.7 Å². The molecule has 1 aliphatic heterocycles. The molecule has 1 atom stereocenters. The zero-order valence-corrected chi connectivity index (χ0v) is 21.1. The van der Waals surface area contributed by atoms with E-state index in [1.54, 1.807) is 18.3 Å². The summed E-state index contributed by atoms with van der Waals surface area (Å²) < 4.78 is 29.5. The van der Waals surface area contributed by atoms with Crippen molar-refractivity contribution >= 4 is 28.4 Å². The number of pyridine rings is 1. The summed E-state index contributed by atoms with van der Waals surface area (Å²) in [6, 6.07) is 12.9. The van der Waals surface area contributed by atoms with Gasteiger partial charge in [0.15, 0.2) is 11.5 Å². The van der Waals surface area contributed by atoms with Gasteiger partial charge in [0.1, 0.15) is 17.2 Å². The molecule has 1 fully saturated rings. The lowest BCUT2D eigenvalue weighted by molar-refractivity contribution is 0.102. The van der Waals surface area contributed by atoms with Crippen molar-refractivity contribution in [2.24, 2.45) is 0 Å². The number of hydrogen-bond acceptors (Lipinski definition) is 7. The van der Waals surface area contributed by atoms with Gasteiger partial charge in [-0.05, 0) is 72.6 Å². The predicted octanol–water partition coefficient (Wildman–Crippen LogP) is 3.40. The van der Waals surface area contributed by atoms with Crippen LogP contribution in [0, 0.1) is 11.6 Å². The number of amides is 1.